The van der Waals surface area contributed by atoms with E-state index in [1.54, 1.807) is 0 Å². The lowest BCUT2D eigenvalue weighted by Gasteiger charge is -2.30. The molecule has 3 aromatic rings. The Morgan fingerprint density at radius 3 is 2.03 bits per heavy atom. The Hall–Kier alpha value is -3.14. The van der Waals surface area contributed by atoms with E-state index in [0.29, 0.717) is 13.1 Å². The van der Waals surface area contributed by atoms with Crippen molar-refractivity contribution < 1.29 is 22.0 Å². The molecule has 0 aliphatic carbocycles. The summed E-state index contributed by atoms with van der Waals surface area (Å²) in [6.07, 6.45) is 0.204. The summed E-state index contributed by atoms with van der Waals surface area (Å²) in [5, 5.41) is 6.05. The predicted molar refractivity (Wildman–Crippen MR) is 129 cm³/mol. The Morgan fingerprint density at radius 2 is 1.46 bits per heavy atom. The minimum absolute atomic E-state index is 0.0452. The van der Waals surface area contributed by atoms with Crippen molar-refractivity contribution in [3.05, 3.63) is 102 Å². The molecule has 6 nitrogen and oxygen atoms in total. The van der Waals surface area contributed by atoms with Crippen molar-refractivity contribution in [3.63, 3.8) is 0 Å². The standard InChI is InChI=1S/C26H27F2N3O3S/c27-23-12-7-13-24(28)25(23)35(33,34)31-21-14-20(15-29-16-21)26(32)30-17-22(18-8-3-1-4-9-18)19-10-5-2-6-11-19/h1-13,20-22,29,31H,14-17H2,(H,30,32)/t20-,21-/m0/s1. The van der Waals surface area contributed by atoms with E-state index in [-0.39, 0.29) is 24.8 Å². The summed E-state index contributed by atoms with van der Waals surface area (Å²) in [5.41, 5.74) is 2.14. The summed E-state index contributed by atoms with van der Waals surface area (Å²) >= 11 is 0. The van der Waals surface area contributed by atoms with E-state index in [1.807, 2.05) is 60.7 Å². The van der Waals surface area contributed by atoms with Crippen LogP contribution in [-0.2, 0) is 14.8 Å². The van der Waals surface area contributed by atoms with Crippen LogP contribution >= 0.6 is 0 Å². The summed E-state index contributed by atoms with van der Waals surface area (Å²) in [6, 6.07) is 21.9. The molecule has 0 bridgehead atoms. The number of nitrogens with one attached hydrogen (secondary N) is 3. The van der Waals surface area contributed by atoms with Gasteiger partial charge in [0, 0.05) is 31.6 Å². The van der Waals surface area contributed by atoms with Crippen LogP contribution in [0, 0.1) is 17.6 Å². The molecule has 184 valence electrons. The number of carbonyl (C=O) groups excluding carboxylic acids is 1. The van der Waals surface area contributed by atoms with E-state index in [2.05, 4.69) is 15.4 Å². The number of hydrogen-bond acceptors (Lipinski definition) is 4. The average Bonchev–Trinajstić information content (AvgIpc) is 2.85. The molecular weight excluding hydrogens is 472 g/mol. The second-order valence-electron chi connectivity index (χ2n) is 8.58. The number of carbonyl (C=O) groups is 1. The lowest BCUT2D eigenvalue weighted by molar-refractivity contribution is -0.125. The molecule has 35 heavy (non-hydrogen) atoms. The predicted octanol–water partition coefficient (Wildman–Crippen LogP) is 3.17. The smallest absolute Gasteiger partial charge is 0.246 e. The first-order valence-electron chi connectivity index (χ1n) is 11.4. The van der Waals surface area contributed by atoms with Crippen LogP contribution in [0.5, 0.6) is 0 Å². The molecule has 0 saturated carbocycles. The van der Waals surface area contributed by atoms with Crippen LogP contribution in [0.4, 0.5) is 8.78 Å². The molecule has 1 saturated heterocycles. The van der Waals surface area contributed by atoms with Crippen molar-refractivity contribution >= 4 is 15.9 Å². The molecule has 1 fully saturated rings. The summed E-state index contributed by atoms with van der Waals surface area (Å²) < 4.78 is 55.6. The van der Waals surface area contributed by atoms with Gasteiger partial charge in [0.2, 0.25) is 15.9 Å². The summed E-state index contributed by atoms with van der Waals surface area (Å²) in [6.45, 7) is 0.995. The Balaban J connectivity index is 1.42. The van der Waals surface area contributed by atoms with Gasteiger partial charge in [-0.25, -0.2) is 21.9 Å². The van der Waals surface area contributed by atoms with Crippen LogP contribution in [0.1, 0.15) is 23.5 Å². The Morgan fingerprint density at radius 1 is 0.886 bits per heavy atom. The van der Waals surface area contributed by atoms with E-state index < -0.39 is 38.5 Å². The third kappa shape index (κ3) is 6.11. The van der Waals surface area contributed by atoms with Crippen molar-refractivity contribution in [2.24, 2.45) is 5.92 Å². The molecule has 0 spiro atoms. The summed E-state index contributed by atoms with van der Waals surface area (Å²) in [5.74, 6) is -3.09. The van der Waals surface area contributed by atoms with Gasteiger partial charge in [-0.3, -0.25) is 4.79 Å². The molecule has 2 atom stereocenters. The first-order valence-corrected chi connectivity index (χ1v) is 12.9. The van der Waals surface area contributed by atoms with E-state index in [9.17, 15) is 22.0 Å². The summed E-state index contributed by atoms with van der Waals surface area (Å²) in [7, 11) is -4.44. The van der Waals surface area contributed by atoms with Gasteiger partial charge in [0.05, 0.1) is 5.92 Å². The van der Waals surface area contributed by atoms with Crippen molar-refractivity contribution in [3.8, 4) is 0 Å². The fraction of sp³-hybridized carbons (Fsp3) is 0.269. The molecular formula is C26H27F2N3O3S. The highest BCUT2D eigenvalue weighted by molar-refractivity contribution is 7.89. The zero-order chi connectivity index (χ0) is 24.8. The lowest BCUT2D eigenvalue weighted by atomic mass is 9.90. The van der Waals surface area contributed by atoms with Crippen molar-refractivity contribution in [1.82, 2.24) is 15.4 Å². The SMILES string of the molecule is O=C(NCC(c1ccccc1)c1ccccc1)[C@@H]1CNC[C@@H](NS(=O)(=O)c2c(F)cccc2F)C1. The first kappa shape index (κ1) is 25.0. The highest BCUT2D eigenvalue weighted by atomic mass is 32.2. The highest BCUT2D eigenvalue weighted by Crippen LogP contribution is 2.24. The van der Waals surface area contributed by atoms with Crippen LogP contribution in [-0.4, -0.2) is 40.0 Å². The van der Waals surface area contributed by atoms with Crippen LogP contribution in [0.3, 0.4) is 0 Å². The number of amides is 1. The third-order valence-electron chi connectivity index (χ3n) is 6.12. The maximum absolute atomic E-state index is 14.0. The van der Waals surface area contributed by atoms with Gasteiger partial charge in [0.25, 0.3) is 0 Å². The molecule has 4 rings (SSSR count). The molecule has 9 heteroatoms. The largest absolute Gasteiger partial charge is 0.355 e. The topological polar surface area (TPSA) is 87.3 Å². The van der Waals surface area contributed by atoms with Gasteiger partial charge in [0.15, 0.2) is 4.90 Å². The normalized spacial score (nSPS) is 18.4. The quantitative estimate of drug-likeness (QED) is 0.444. The van der Waals surface area contributed by atoms with Gasteiger partial charge >= 0.3 is 0 Å². The molecule has 3 aromatic carbocycles. The molecule has 3 N–H and O–H groups in total. The van der Waals surface area contributed by atoms with Crippen LogP contribution < -0.4 is 15.4 Å². The van der Waals surface area contributed by atoms with Crippen molar-refractivity contribution in [2.45, 2.75) is 23.3 Å². The van der Waals surface area contributed by atoms with Crippen molar-refractivity contribution in [1.29, 1.82) is 0 Å². The highest BCUT2D eigenvalue weighted by Gasteiger charge is 2.32. The number of sulfonamides is 1. The number of benzene rings is 3. The van der Waals surface area contributed by atoms with Crippen molar-refractivity contribution in [2.75, 3.05) is 19.6 Å². The third-order valence-corrected chi connectivity index (χ3v) is 7.69. The lowest BCUT2D eigenvalue weighted by Crippen LogP contribution is -2.52. The zero-order valence-corrected chi connectivity index (χ0v) is 19.8. The number of rotatable bonds is 8. The first-order chi connectivity index (χ1) is 16.8. The van der Waals surface area contributed by atoms with Gasteiger partial charge in [-0.15, -0.1) is 0 Å². The van der Waals surface area contributed by atoms with E-state index in [4.69, 9.17) is 0 Å². The monoisotopic (exact) mass is 499 g/mol. The van der Waals surface area contributed by atoms with Gasteiger partial charge in [-0.05, 0) is 29.7 Å². The molecule has 0 aromatic heterocycles. The minimum Gasteiger partial charge on any atom is -0.355 e. The van der Waals surface area contributed by atoms with E-state index in [1.165, 1.54) is 0 Å². The zero-order valence-electron chi connectivity index (χ0n) is 19.0. The molecule has 1 aliphatic heterocycles. The van der Waals surface area contributed by atoms with Crippen LogP contribution in [0.2, 0.25) is 0 Å². The maximum Gasteiger partial charge on any atom is 0.246 e. The minimum atomic E-state index is -4.44. The van der Waals surface area contributed by atoms with Crippen LogP contribution in [0.25, 0.3) is 0 Å². The molecule has 1 amide bonds. The van der Waals surface area contributed by atoms with Gasteiger partial charge in [0.1, 0.15) is 11.6 Å². The number of hydrogen-bond donors (Lipinski definition) is 3. The van der Waals surface area contributed by atoms with E-state index in [0.717, 1.165) is 29.3 Å². The fourth-order valence-corrected chi connectivity index (χ4v) is 5.78. The molecule has 0 unspecified atom stereocenters. The Kier molecular flexibility index (Phi) is 7.90. The number of halogens is 2. The van der Waals surface area contributed by atoms with Crippen LogP contribution in [0.15, 0.2) is 83.8 Å². The van der Waals surface area contributed by atoms with Gasteiger partial charge < -0.3 is 10.6 Å². The van der Waals surface area contributed by atoms with E-state index >= 15 is 0 Å². The fourth-order valence-electron chi connectivity index (χ4n) is 4.39. The Bertz CT molecular complexity index is 1200. The summed E-state index contributed by atoms with van der Waals surface area (Å²) in [4.78, 5) is 12.0. The van der Waals surface area contributed by atoms with Gasteiger partial charge in [-0.1, -0.05) is 66.7 Å². The second-order valence-corrected chi connectivity index (χ2v) is 10.2. The maximum atomic E-state index is 14.0. The molecule has 0 radical (unpaired) electrons. The average molecular weight is 500 g/mol. The van der Waals surface area contributed by atoms with Gasteiger partial charge in [-0.2, -0.15) is 0 Å². The molecule has 1 aliphatic rings. The number of piperidine rings is 1. The Labute approximate surface area is 203 Å². The second kappa shape index (κ2) is 11.1. The molecule has 1 heterocycles.